The third kappa shape index (κ3) is 5.09. The number of sulfonamides is 1. The molecule has 2 aromatic carbocycles. The van der Waals surface area contributed by atoms with Gasteiger partial charge in [0, 0.05) is 11.1 Å². The van der Waals surface area contributed by atoms with Crippen LogP contribution in [0.3, 0.4) is 0 Å². The number of hydrogen-bond donors (Lipinski definition) is 1. The van der Waals surface area contributed by atoms with Gasteiger partial charge in [0.15, 0.2) is 0 Å². The molecule has 0 aliphatic heterocycles. The monoisotopic (exact) mass is 431 g/mol. The summed E-state index contributed by atoms with van der Waals surface area (Å²) in [5, 5.41) is 14.2. The molecule has 2 rings (SSSR count). The van der Waals surface area contributed by atoms with Gasteiger partial charge >= 0.3 is 0 Å². The number of nitrogens with one attached hydrogen (secondary N) is 1. The Morgan fingerprint density at radius 1 is 1.26 bits per heavy atom. The van der Waals surface area contributed by atoms with Gasteiger partial charge < -0.3 is 5.32 Å². The first-order valence-corrected chi connectivity index (χ1v) is 10.1. The summed E-state index contributed by atoms with van der Waals surface area (Å²) in [7, 11) is -3.90. The van der Waals surface area contributed by atoms with Gasteiger partial charge in [0.1, 0.15) is 6.54 Å². The Bertz CT molecular complexity index is 1010. The van der Waals surface area contributed by atoms with Crippen molar-refractivity contribution in [2.75, 3.05) is 22.4 Å². The number of amides is 1. The van der Waals surface area contributed by atoms with E-state index in [-0.39, 0.29) is 27.6 Å². The van der Waals surface area contributed by atoms with Crippen molar-refractivity contribution in [3.8, 4) is 0 Å². The van der Waals surface area contributed by atoms with E-state index in [1.165, 1.54) is 43.3 Å². The second-order valence-corrected chi connectivity index (χ2v) is 8.37. The summed E-state index contributed by atoms with van der Waals surface area (Å²) >= 11 is 11.8. The van der Waals surface area contributed by atoms with E-state index < -0.39 is 27.4 Å². The maximum atomic E-state index is 12.4. The van der Waals surface area contributed by atoms with Gasteiger partial charge in [-0.15, -0.1) is 0 Å². The van der Waals surface area contributed by atoms with Gasteiger partial charge in [-0.2, -0.15) is 0 Å². The number of benzene rings is 2. The molecule has 0 aliphatic carbocycles. The highest BCUT2D eigenvalue weighted by atomic mass is 35.5. The Hall–Kier alpha value is -2.36. The lowest BCUT2D eigenvalue weighted by Crippen LogP contribution is -2.38. The Balaban J connectivity index is 2.36. The minimum absolute atomic E-state index is 0.0408. The maximum Gasteiger partial charge on any atom is 0.274 e. The number of halogens is 2. The second-order valence-electron chi connectivity index (χ2n) is 5.62. The second kappa shape index (κ2) is 8.12. The topological polar surface area (TPSA) is 110 Å². The fourth-order valence-corrected chi connectivity index (χ4v) is 3.62. The Kier molecular flexibility index (Phi) is 6.30. The van der Waals surface area contributed by atoms with Crippen LogP contribution in [0.15, 0.2) is 36.4 Å². The molecule has 1 amide bonds. The number of nitrogens with zero attached hydrogens (tertiary/aromatic N) is 2. The molecule has 0 spiro atoms. The lowest BCUT2D eigenvalue weighted by Gasteiger charge is -2.23. The van der Waals surface area contributed by atoms with Gasteiger partial charge in [0.05, 0.1) is 33.1 Å². The SMILES string of the molecule is Cc1c(N(CC(=O)Nc2cc(Cl)ccc2Cl)S(C)(=O)=O)cccc1[N+](=O)[O-]. The van der Waals surface area contributed by atoms with E-state index in [2.05, 4.69) is 5.32 Å². The lowest BCUT2D eigenvalue weighted by atomic mass is 10.1. The number of nitro benzene ring substituents is 1. The summed E-state index contributed by atoms with van der Waals surface area (Å²) in [5.41, 5.74) is 0.137. The van der Waals surface area contributed by atoms with Crippen LogP contribution in [0.4, 0.5) is 17.1 Å². The van der Waals surface area contributed by atoms with Crippen LogP contribution in [-0.2, 0) is 14.8 Å². The minimum atomic E-state index is -3.90. The predicted molar refractivity (Wildman–Crippen MR) is 105 cm³/mol. The number of hydrogen-bond acceptors (Lipinski definition) is 5. The molecule has 11 heteroatoms. The molecular formula is C16H15Cl2N3O5S. The van der Waals surface area contributed by atoms with E-state index >= 15 is 0 Å². The van der Waals surface area contributed by atoms with Gasteiger partial charge in [-0.25, -0.2) is 8.42 Å². The van der Waals surface area contributed by atoms with Crippen LogP contribution in [-0.4, -0.2) is 32.0 Å². The molecule has 27 heavy (non-hydrogen) atoms. The first kappa shape index (κ1) is 20.9. The average Bonchev–Trinajstić information content (AvgIpc) is 2.55. The third-order valence-corrected chi connectivity index (χ3v) is 5.32. The zero-order valence-corrected chi connectivity index (χ0v) is 16.6. The van der Waals surface area contributed by atoms with Gasteiger partial charge in [0.2, 0.25) is 15.9 Å². The third-order valence-electron chi connectivity index (χ3n) is 3.63. The van der Waals surface area contributed by atoms with E-state index in [0.717, 1.165) is 10.6 Å². The smallest absolute Gasteiger partial charge is 0.274 e. The molecule has 0 unspecified atom stereocenters. The van der Waals surface area contributed by atoms with Crippen LogP contribution in [0.1, 0.15) is 5.56 Å². The van der Waals surface area contributed by atoms with Crippen molar-refractivity contribution in [3.05, 3.63) is 62.1 Å². The van der Waals surface area contributed by atoms with Crippen LogP contribution in [0.25, 0.3) is 0 Å². The highest BCUT2D eigenvalue weighted by molar-refractivity contribution is 7.92. The van der Waals surface area contributed by atoms with Crippen molar-refractivity contribution < 1.29 is 18.1 Å². The van der Waals surface area contributed by atoms with Crippen LogP contribution in [0.5, 0.6) is 0 Å². The van der Waals surface area contributed by atoms with Crippen LogP contribution in [0.2, 0.25) is 10.0 Å². The molecule has 8 nitrogen and oxygen atoms in total. The van der Waals surface area contributed by atoms with E-state index in [1.54, 1.807) is 0 Å². The van der Waals surface area contributed by atoms with Crippen LogP contribution >= 0.6 is 23.2 Å². The van der Waals surface area contributed by atoms with Crippen molar-refractivity contribution in [1.82, 2.24) is 0 Å². The summed E-state index contributed by atoms with van der Waals surface area (Å²) in [6.45, 7) is 0.821. The number of rotatable bonds is 6. The molecule has 144 valence electrons. The number of carbonyl (C=O) groups is 1. The van der Waals surface area contributed by atoms with Gasteiger partial charge in [-0.05, 0) is 31.2 Å². The van der Waals surface area contributed by atoms with Gasteiger partial charge in [-0.3, -0.25) is 19.2 Å². The Labute approximate surface area is 165 Å². The van der Waals surface area contributed by atoms with Crippen LogP contribution < -0.4 is 9.62 Å². The first-order chi connectivity index (χ1) is 12.5. The van der Waals surface area contributed by atoms with Crippen molar-refractivity contribution in [2.24, 2.45) is 0 Å². The highest BCUT2D eigenvalue weighted by Crippen LogP contribution is 2.30. The van der Waals surface area contributed by atoms with E-state index in [0.29, 0.717) is 5.02 Å². The summed E-state index contributed by atoms with van der Waals surface area (Å²) in [5.74, 6) is -0.685. The van der Waals surface area contributed by atoms with Gasteiger partial charge in [0.25, 0.3) is 5.69 Å². The molecule has 0 radical (unpaired) electrons. The molecule has 0 saturated heterocycles. The van der Waals surface area contributed by atoms with E-state index in [4.69, 9.17) is 23.2 Å². The van der Waals surface area contributed by atoms with Gasteiger partial charge in [-0.1, -0.05) is 29.3 Å². The summed E-state index contributed by atoms with van der Waals surface area (Å²) in [4.78, 5) is 22.9. The van der Waals surface area contributed by atoms with E-state index in [9.17, 15) is 23.3 Å². The lowest BCUT2D eigenvalue weighted by molar-refractivity contribution is -0.385. The summed E-state index contributed by atoms with van der Waals surface area (Å²) in [6.07, 6.45) is 0.908. The Morgan fingerprint density at radius 2 is 1.93 bits per heavy atom. The predicted octanol–water partition coefficient (Wildman–Crippen LogP) is 3.61. The average molecular weight is 432 g/mol. The zero-order valence-electron chi connectivity index (χ0n) is 14.3. The number of anilines is 2. The minimum Gasteiger partial charge on any atom is -0.323 e. The van der Waals surface area contributed by atoms with Crippen LogP contribution in [0, 0.1) is 17.0 Å². The number of nitro groups is 1. The molecule has 0 saturated carbocycles. The normalized spacial score (nSPS) is 11.1. The molecule has 0 heterocycles. The molecule has 0 aliphatic rings. The fourth-order valence-electron chi connectivity index (χ4n) is 2.37. The molecule has 0 fully saturated rings. The zero-order chi connectivity index (χ0) is 20.4. The quantitative estimate of drug-likeness (QED) is 0.554. The largest absolute Gasteiger partial charge is 0.323 e. The first-order valence-electron chi connectivity index (χ1n) is 7.47. The van der Waals surface area contributed by atoms with Crippen molar-refractivity contribution in [3.63, 3.8) is 0 Å². The van der Waals surface area contributed by atoms with Crippen molar-refractivity contribution in [2.45, 2.75) is 6.92 Å². The number of carbonyl (C=O) groups excluding carboxylic acids is 1. The summed E-state index contributed by atoms with van der Waals surface area (Å²) < 4.78 is 25.2. The summed E-state index contributed by atoms with van der Waals surface area (Å²) in [6, 6.07) is 8.44. The fraction of sp³-hybridized carbons (Fsp3) is 0.188. The van der Waals surface area contributed by atoms with Crippen molar-refractivity contribution in [1.29, 1.82) is 0 Å². The van der Waals surface area contributed by atoms with E-state index in [1.807, 2.05) is 0 Å². The highest BCUT2D eigenvalue weighted by Gasteiger charge is 2.26. The standard InChI is InChI=1S/C16H15Cl2N3O5S/c1-10-14(4-3-5-15(10)21(23)24)20(27(2,25)26)9-16(22)19-13-8-11(17)6-7-12(13)18/h3-8H,9H2,1-2H3,(H,19,22). The van der Waals surface area contributed by atoms with Crippen molar-refractivity contribution >= 4 is 56.2 Å². The molecule has 0 bridgehead atoms. The maximum absolute atomic E-state index is 12.4. The molecule has 0 aromatic heterocycles. The molecule has 0 atom stereocenters. The molecule has 1 N–H and O–H groups in total. The molecular weight excluding hydrogens is 417 g/mol. The Morgan fingerprint density at radius 3 is 2.52 bits per heavy atom. The molecule has 2 aromatic rings.